The predicted octanol–water partition coefficient (Wildman–Crippen LogP) is 3.21. The van der Waals surface area contributed by atoms with Crippen LogP contribution in [-0.4, -0.2) is 29.2 Å². The first kappa shape index (κ1) is 14.7. The van der Waals surface area contributed by atoms with Crippen molar-refractivity contribution in [2.75, 3.05) is 12.3 Å². The smallest absolute Gasteiger partial charge is 0.410 e. The second-order valence-electron chi connectivity index (χ2n) is 6.40. The van der Waals surface area contributed by atoms with E-state index in [2.05, 4.69) is 0 Å². The molecule has 1 amide bonds. The number of nitrogens with zero attached hydrogens (tertiary/aromatic N) is 1. The standard InChI is InChI=1S/C16H24N2O2/c1-16(2,3)20-15(19)18-11-10-14(18)9-6-12-4-7-13(17)8-5-12/h4-5,7-8,14H,6,9-11,17H2,1-3H3. The van der Waals surface area contributed by atoms with Crippen LogP contribution in [-0.2, 0) is 11.2 Å². The second-order valence-corrected chi connectivity index (χ2v) is 6.40. The summed E-state index contributed by atoms with van der Waals surface area (Å²) in [4.78, 5) is 13.8. The summed E-state index contributed by atoms with van der Waals surface area (Å²) in [6, 6.07) is 8.24. The van der Waals surface area contributed by atoms with Crippen molar-refractivity contribution in [1.29, 1.82) is 0 Å². The minimum atomic E-state index is -0.422. The number of likely N-dealkylation sites (tertiary alicyclic amines) is 1. The van der Waals surface area contributed by atoms with E-state index >= 15 is 0 Å². The number of hydrogen-bond acceptors (Lipinski definition) is 3. The summed E-state index contributed by atoms with van der Waals surface area (Å²) in [6.45, 7) is 6.50. The maximum atomic E-state index is 12.0. The SMILES string of the molecule is CC(C)(C)OC(=O)N1CCC1CCc1ccc(N)cc1. The van der Waals surface area contributed by atoms with Gasteiger partial charge < -0.3 is 15.4 Å². The number of rotatable bonds is 3. The van der Waals surface area contributed by atoms with Crippen molar-refractivity contribution < 1.29 is 9.53 Å². The van der Waals surface area contributed by atoms with Gasteiger partial charge in [-0.1, -0.05) is 12.1 Å². The molecule has 0 saturated carbocycles. The molecule has 2 N–H and O–H groups in total. The number of nitrogen functional groups attached to an aromatic ring is 1. The van der Waals surface area contributed by atoms with Crippen LogP contribution >= 0.6 is 0 Å². The first-order valence-electron chi connectivity index (χ1n) is 7.19. The van der Waals surface area contributed by atoms with Crippen LogP contribution in [0.1, 0.15) is 39.2 Å². The van der Waals surface area contributed by atoms with Gasteiger partial charge in [-0.15, -0.1) is 0 Å². The van der Waals surface area contributed by atoms with E-state index in [4.69, 9.17) is 10.5 Å². The lowest BCUT2D eigenvalue weighted by Gasteiger charge is -2.41. The van der Waals surface area contributed by atoms with Gasteiger partial charge in [0, 0.05) is 18.3 Å². The van der Waals surface area contributed by atoms with E-state index in [0.717, 1.165) is 31.5 Å². The van der Waals surface area contributed by atoms with E-state index in [9.17, 15) is 4.79 Å². The minimum Gasteiger partial charge on any atom is -0.444 e. The fourth-order valence-corrected chi connectivity index (χ4v) is 2.32. The summed E-state index contributed by atoms with van der Waals surface area (Å²) in [6.07, 6.45) is 2.81. The molecule has 1 saturated heterocycles. The van der Waals surface area contributed by atoms with Gasteiger partial charge in [0.1, 0.15) is 5.60 Å². The van der Waals surface area contributed by atoms with E-state index in [1.54, 1.807) is 0 Å². The second kappa shape index (κ2) is 5.73. The van der Waals surface area contributed by atoms with Crippen LogP contribution in [0.2, 0.25) is 0 Å². The number of amides is 1. The van der Waals surface area contributed by atoms with Gasteiger partial charge in [-0.05, 0) is 57.7 Å². The van der Waals surface area contributed by atoms with Crippen molar-refractivity contribution in [2.24, 2.45) is 0 Å². The molecule has 1 aromatic rings. The van der Waals surface area contributed by atoms with Gasteiger partial charge in [0.2, 0.25) is 0 Å². The van der Waals surface area contributed by atoms with Crippen LogP contribution in [0.4, 0.5) is 10.5 Å². The molecule has 1 aromatic carbocycles. The van der Waals surface area contributed by atoms with Gasteiger partial charge in [-0.25, -0.2) is 4.79 Å². The van der Waals surface area contributed by atoms with Gasteiger partial charge >= 0.3 is 6.09 Å². The normalized spacial score (nSPS) is 18.6. The number of ether oxygens (including phenoxy) is 1. The molecular weight excluding hydrogens is 252 g/mol. The first-order chi connectivity index (χ1) is 9.35. The molecule has 0 aromatic heterocycles. The lowest BCUT2D eigenvalue weighted by atomic mass is 9.96. The average molecular weight is 276 g/mol. The highest BCUT2D eigenvalue weighted by Gasteiger charge is 2.34. The van der Waals surface area contributed by atoms with Crippen LogP contribution in [0.25, 0.3) is 0 Å². The molecule has 1 unspecified atom stereocenters. The summed E-state index contributed by atoms with van der Waals surface area (Å²) >= 11 is 0. The predicted molar refractivity (Wildman–Crippen MR) is 80.5 cm³/mol. The first-order valence-corrected chi connectivity index (χ1v) is 7.19. The zero-order chi connectivity index (χ0) is 14.8. The molecule has 0 radical (unpaired) electrons. The lowest BCUT2D eigenvalue weighted by molar-refractivity contribution is -0.00655. The molecular formula is C16H24N2O2. The zero-order valence-electron chi connectivity index (χ0n) is 12.6. The monoisotopic (exact) mass is 276 g/mol. The molecule has 1 atom stereocenters. The Bertz CT molecular complexity index is 462. The summed E-state index contributed by atoms with van der Waals surface area (Å²) in [5.74, 6) is 0. The van der Waals surface area contributed by atoms with Crippen LogP contribution in [0, 0.1) is 0 Å². The highest BCUT2D eigenvalue weighted by Crippen LogP contribution is 2.25. The Hall–Kier alpha value is -1.71. The molecule has 1 aliphatic heterocycles. The van der Waals surface area contributed by atoms with Gasteiger partial charge in [0.25, 0.3) is 0 Å². The molecule has 1 heterocycles. The number of hydrogen-bond donors (Lipinski definition) is 1. The number of benzene rings is 1. The van der Waals surface area contributed by atoms with Gasteiger partial charge in [-0.2, -0.15) is 0 Å². The molecule has 2 rings (SSSR count). The molecule has 0 bridgehead atoms. The minimum absolute atomic E-state index is 0.189. The van der Waals surface area contributed by atoms with Crippen molar-refractivity contribution in [2.45, 2.75) is 51.7 Å². The number of carbonyl (C=O) groups excluding carboxylic acids is 1. The summed E-state index contributed by atoms with van der Waals surface area (Å²) < 4.78 is 5.41. The Morgan fingerprint density at radius 3 is 2.50 bits per heavy atom. The summed E-state index contributed by atoms with van der Waals surface area (Å²) in [5, 5.41) is 0. The Morgan fingerprint density at radius 2 is 2.00 bits per heavy atom. The third-order valence-corrected chi connectivity index (χ3v) is 3.52. The number of nitrogens with two attached hydrogens (primary N) is 1. The van der Waals surface area contributed by atoms with E-state index in [-0.39, 0.29) is 6.09 Å². The Labute approximate surface area is 120 Å². The van der Waals surface area contributed by atoms with E-state index in [0.29, 0.717) is 6.04 Å². The highest BCUT2D eigenvalue weighted by molar-refractivity contribution is 5.69. The fraction of sp³-hybridized carbons (Fsp3) is 0.562. The zero-order valence-corrected chi connectivity index (χ0v) is 12.6. The third-order valence-electron chi connectivity index (χ3n) is 3.52. The van der Waals surface area contributed by atoms with Crippen molar-refractivity contribution in [1.82, 2.24) is 4.90 Å². The van der Waals surface area contributed by atoms with Gasteiger partial charge in [-0.3, -0.25) is 0 Å². The van der Waals surface area contributed by atoms with Crippen molar-refractivity contribution >= 4 is 11.8 Å². The lowest BCUT2D eigenvalue weighted by Crippen LogP contribution is -2.52. The van der Waals surface area contributed by atoms with Crippen LogP contribution in [0.3, 0.4) is 0 Å². The molecule has 1 fully saturated rings. The fourth-order valence-electron chi connectivity index (χ4n) is 2.32. The van der Waals surface area contributed by atoms with Gasteiger partial charge in [0.05, 0.1) is 0 Å². The van der Waals surface area contributed by atoms with Crippen LogP contribution < -0.4 is 5.73 Å². The van der Waals surface area contributed by atoms with Crippen LogP contribution in [0.5, 0.6) is 0 Å². The van der Waals surface area contributed by atoms with Crippen LogP contribution in [0.15, 0.2) is 24.3 Å². The van der Waals surface area contributed by atoms with Gasteiger partial charge in [0.15, 0.2) is 0 Å². The molecule has 110 valence electrons. The largest absolute Gasteiger partial charge is 0.444 e. The molecule has 20 heavy (non-hydrogen) atoms. The topological polar surface area (TPSA) is 55.6 Å². The Morgan fingerprint density at radius 1 is 1.35 bits per heavy atom. The molecule has 0 spiro atoms. The maximum absolute atomic E-state index is 12.0. The maximum Gasteiger partial charge on any atom is 0.410 e. The summed E-state index contributed by atoms with van der Waals surface area (Å²) in [5.41, 5.74) is 7.29. The third kappa shape index (κ3) is 3.89. The number of carbonyl (C=O) groups is 1. The Kier molecular flexibility index (Phi) is 4.21. The van der Waals surface area contributed by atoms with E-state index in [1.807, 2.05) is 49.9 Å². The summed E-state index contributed by atoms with van der Waals surface area (Å²) in [7, 11) is 0. The number of anilines is 1. The molecule has 4 heteroatoms. The van der Waals surface area contributed by atoms with E-state index in [1.165, 1.54) is 5.56 Å². The average Bonchev–Trinajstić information content (AvgIpc) is 2.27. The van der Waals surface area contributed by atoms with Crippen molar-refractivity contribution in [3.05, 3.63) is 29.8 Å². The van der Waals surface area contributed by atoms with Crippen molar-refractivity contribution in [3.8, 4) is 0 Å². The van der Waals surface area contributed by atoms with Crippen molar-refractivity contribution in [3.63, 3.8) is 0 Å². The highest BCUT2D eigenvalue weighted by atomic mass is 16.6. The van der Waals surface area contributed by atoms with E-state index < -0.39 is 5.60 Å². The quantitative estimate of drug-likeness (QED) is 0.862. The molecule has 0 aliphatic carbocycles. The Balaban J connectivity index is 1.82. The molecule has 4 nitrogen and oxygen atoms in total. The molecule has 1 aliphatic rings. The number of aryl methyl sites for hydroxylation is 1.